The molecule has 3 nitrogen and oxygen atoms in total. The van der Waals surface area contributed by atoms with E-state index in [1.165, 1.54) is 0 Å². The van der Waals surface area contributed by atoms with E-state index in [2.05, 4.69) is 34.9 Å². The Morgan fingerprint density at radius 2 is 2.05 bits per heavy atom. The number of nitrogens with zero attached hydrogens (tertiary/aromatic N) is 2. The van der Waals surface area contributed by atoms with Gasteiger partial charge in [-0.25, -0.2) is 0 Å². The molecule has 0 saturated heterocycles. The van der Waals surface area contributed by atoms with Crippen molar-refractivity contribution in [2.45, 2.75) is 32.9 Å². The number of benzene rings is 1. The predicted molar refractivity (Wildman–Crippen MR) is 82.5 cm³/mol. The Kier molecular flexibility index (Phi) is 4.33. The molecule has 1 unspecified atom stereocenters. The van der Waals surface area contributed by atoms with Crippen LogP contribution in [0.25, 0.3) is 0 Å². The van der Waals surface area contributed by atoms with E-state index in [0.29, 0.717) is 5.02 Å². The maximum Gasteiger partial charge on any atom is 0.0837 e. The van der Waals surface area contributed by atoms with Crippen LogP contribution in [0.5, 0.6) is 0 Å². The summed E-state index contributed by atoms with van der Waals surface area (Å²) in [5.41, 5.74) is 9.41. The molecule has 2 aromatic rings. The fraction of sp³-hybridized carbons (Fsp3) is 0.357. The van der Waals surface area contributed by atoms with E-state index in [1.807, 2.05) is 29.8 Å². The van der Waals surface area contributed by atoms with Crippen LogP contribution in [0, 0.1) is 6.92 Å². The molecular weight excluding hydrogens is 326 g/mol. The normalized spacial score (nSPS) is 13.0. The molecule has 2 rings (SSSR count). The summed E-state index contributed by atoms with van der Waals surface area (Å²) in [4.78, 5) is 0. The van der Waals surface area contributed by atoms with Gasteiger partial charge < -0.3 is 5.73 Å². The minimum atomic E-state index is -0.299. The lowest BCUT2D eigenvalue weighted by molar-refractivity contribution is 0.499. The molecule has 1 atom stereocenters. The van der Waals surface area contributed by atoms with Crippen LogP contribution in [-0.2, 0) is 0 Å². The molecule has 1 heterocycles. The van der Waals surface area contributed by atoms with Gasteiger partial charge in [-0.3, -0.25) is 4.68 Å². The fourth-order valence-corrected chi connectivity index (χ4v) is 2.87. The first-order chi connectivity index (χ1) is 8.93. The Balaban J connectivity index is 2.53. The summed E-state index contributed by atoms with van der Waals surface area (Å²) in [6, 6.07) is 5.97. The largest absolute Gasteiger partial charge is 0.319 e. The monoisotopic (exact) mass is 341 g/mol. The van der Waals surface area contributed by atoms with Crippen molar-refractivity contribution in [3.63, 3.8) is 0 Å². The lowest BCUT2D eigenvalue weighted by atomic mass is 10.0. The van der Waals surface area contributed by atoms with Crippen LogP contribution in [0.1, 0.15) is 42.8 Å². The van der Waals surface area contributed by atoms with Crippen LogP contribution in [0.15, 0.2) is 28.9 Å². The molecule has 0 aliphatic carbocycles. The minimum absolute atomic E-state index is 0.220. The second-order valence-corrected chi connectivity index (χ2v) is 6.07. The molecule has 0 fully saturated rings. The third-order valence-corrected chi connectivity index (χ3v) is 4.50. The van der Waals surface area contributed by atoms with E-state index in [1.54, 1.807) is 6.20 Å². The van der Waals surface area contributed by atoms with Crippen LogP contribution in [0.4, 0.5) is 0 Å². The average molecular weight is 343 g/mol. The molecule has 102 valence electrons. The maximum absolute atomic E-state index is 6.39. The minimum Gasteiger partial charge on any atom is -0.319 e. The van der Waals surface area contributed by atoms with Gasteiger partial charge >= 0.3 is 0 Å². The van der Waals surface area contributed by atoms with Crippen molar-refractivity contribution in [2.24, 2.45) is 5.73 Å². The first-order valence-electron chi connectivity index (χ1n) is 6.17. The zero-order valence-electron chi connectivity index (χ0n) is 11.2. The summed E-state index contributed by atoms with van der Waals surface area (Å²) in [5.74, 6) is 0. The third-order valence-electron chi connectivity index (χ3n) is 3.13. The second-order valence-electron chi connectivity index (χ2n) is 4.87. The van der Waals surface area contributed by atoms with Crippen molar-refractivity contribution < 1.29 is 0 Å². The lowest BCUT2D eigenvalue weighted by Crippen LogP contribution is -2.19. The third kappa shape index (κ3) is 2.71. The number of hydrogen-bond acceptors (Lipinski definition) is 2. The molecule has 0 aliphatic rings. The van der Waals surface area contributed by atoms with Gasteiger partial charge in [-0.15, -0.1) is 0 Å². The van der Waals surface area contributed by atoms with Crippen LogP contribution >= 0.6 is 27.5 Å². The van der Waals surface area contributed by atoms with Gasteiger partial charge in [-0.05, 0) is 31.9 Å². The average Bonchev–Trinajstić information content (AvgIpc) is 2.74. The van der Waals surface area contributed by atoms with E-state index in [9.17, 15) is 0 Å². The molecule has 19 heavy (non-hydrogen) atoms. The number of rotatable bonds is 3. The molecule has 1 aromatic carbocycles. The highest BCUT2D eigenvalue weighted by Gasteiger charge is 2.22. The summed E-state index contributed by atoms with van der Waals surface area (Å²) in [7, 11) is 0. The lowest BCUT2D eigenvalue weighted by Gasteiger charge is -2.19. The van der Waals surface area contributed by atoms with Crippen molar-refractivity contribution in [1.82, 2.24) is 9.78 Å². The first kappa shape index (κ1) is 14.6. The SMILES string of the molecule is Cc1cccc(C(N)c2c(Cl)cnn2C(C)C)c1Br. The van der Waals surface area contributed by atoms with Gasteiger partial charge in [-0.2, -0.15) is 5.10 Å². The van der Waals surface area contributed by atoms with Crippen LogP contribution < -0.4 is 5.73 Å². The smallest absolute Gasteiger partial charge is 0.0837 e. The van der Waals surface area contributed by atoms with Crippen molar-refractivity contribution in [3.05, 3.63) is 50.7 Å². The topological polar surface area (TPSA) is 43.8 Å². The van der Waals surface area contributed by atoms with Gasteiger partial charge in [0.2, 0.25) is 0 Å². The molecule has 0 spiro atoms. The Bertz CT molecular complexity index is 592. The Morgan fingerprint density at radius 3 is 2.68 bits per heavy atom. The van der Waals surface area contributed by atoms with Crippen LogP contribution in [0.2, 0.25) is 5.02 Å². The Morgan fingerprint density at radius 1 is 1.37 bits per heavy atom. The number of aryl methyl sites for hydroxylation is 1. The summed E-state index contributed by atoms with van der Waals surface area (Å²) >= 11 is 9.85. The van der Waals surface area contributed by atoms with Crippen molar-refractivity contribution in [1.29, 1.82) is 0 Å². The molecule has 0 radical (unpaired) electrons. The first-order valence-corrected chi connectivity index (χ1v) is 7.34. The van der Waals surface area contributed by atoms with Gasteiger partial charge in [0.05, 0.1) is 23.0 Å². The Labute approximate surface area is 126 Å². The van der Waals surface area contributed by atoms with Crippen LogP contribution in [0.3, 0.4) is 0 Å². The molecule has 0 aliphatic heterocycles. The van der Waals surface area contributed by atoms with Gasteiger partial charge in [0.15, 0.2) is 0 Å². The number of nitrogens with two attached hydrogens (primary N) is 1. The van der Waals surface area contributed by atoms with Crippen molar-refractivity contribution >= 4 is 27.5 Å². The highest BCUT2D eigenvalue weighted by molar-refractivity contribution is 9.10. The van der Waals surface area contributed by atoms with Crippen molar-refractivity contribution in [2.75, 3.05) is 0 Å². The van der Waals surface area contributed by atoms with E-state index in [-0.39, 0.29) is 12.1 Å². The zero-order chi connectivity index (χ0) is 14.2. The standard InChI is InChI=1S/C14H17BrClN3/c1-8(2)19-14(11(16)7-18-19)13(17)10-6-4-5-9(3)12(10)15/h4-8,13H,17H2,1-3H3. The molecule has 1 aromatic heterocycles. The molecule has 0 saturated carbocycles. The summed E-state index contributed by atoms with van der Waals surface area (Å²) in [6.45, 7) is 6.16. The summed E-state index contributed by atoms with van der Waals surface area (Å²) < 4.78 is 2.90. The zero-order valence-corrected chi connectivity index (χ0v) is 13.5. The van der Waals surface area contributed by atoms with Crippen LogP contribution in [-0.4, -0.2) is 9.78 Å². The molecule has 5 heteroatoms. The maximum atomic E-state index is 6.39. The van der Waals surface area contributed by atoms with Gasteiger partial charge in [-0.1, -0.05) is 45.7 Å². The number of aromatic nitrogens is 2. The Hall–Kier alpha value is -0.840. The predicted octanol–water partition coefficient (Wildman–Crippen LogP) is 4.24. The second kappa shape index (κ2) is 5.65. The van der Waals surface area contributed by atoms with Gasteiger partial charge in [0.25, 0.3) is 0 Å². The van der Waals surface area contributed by atoms with E-state index >= 15 is 0 Å². The number of hydrogen-bond donors (Lipinski definition) is 1. The molecule has 0 bridgehead atoms. The van der Waals surface area contributed by atoms with E-state index in [4.69, 9.17) is 17.3 Å². The number of halogens is 2. The summed E-state index contributed by atoms with van der Waals surface area (Å²) in [6.07, 6.45) is 1.65. The quantitative estimate of drug-likeness (QED) is 0.907. The molecule has 0 amide bonds. The summed E-state index contributed by atoms with van der Waals surface area (Å²) in [5, 5.41) is 4.91. The van der Waals surface area contributed by atoms with Crippen molar-refractivity contribution in [3.8, 4) is 0 Å². The van der Waals surface area contributed by atoms with E-state index < -0.39 is 0 Å². The molecule has 2 N–H and O–H groups in total. The molecular formula is C14H17BrClN3. The van der Waals surface area contributed by atoms with Gasteiger partial charge in [0.1, 0.15) is 0 Å². The van der Waals surface area contributed by atoms with E-state index in [0.717, 1.165) is 21.3 Å². The van der Waals surface area contributed by atoms with Gasteiger partial charge in [0, 0.05) is 10.5 Å². The fourth-order valence-electron chi connectivity index (χ4n) is 2.11. The highest BCUT2D eigenvalue weighted by Crippen LogP contribution is 2.33. The highest BCUT2D eigenvalue weighted by atomic mass is 79.9.